The molecule has 9 atom stereocenters. The van der Waals surface area contributed by atoms with E-state index < -0.39 is 0 Å². The zero-order valence-electron chi connectivity index (χ0n) is 40.5. The van der Waals surface area contributed by atoms with E-state index in [4.69, 9.17) is 4.74 Å². The molecule has 4 aliphatic carbocycles. The van der Waals surface area contributed by atoms with Crippen LogP contribution in [0.15, 0.2) is 36.0 Å². The van der Waals surface area contributed by atoms with Crippen LogP contribution in [0, 0.1) is 52.3 Å². The number of unbranched alkanes of at least 4 members (excludes halogenated alkanes) is 13. The highest BCUT2D eigenvalue weighted by Gasteiger charge is 2.59. The number of ether oxygens (including phenoxy) is 1. The molecule has 4 aliphatic rings. The number of rotatable bonds is 31. The summed E-state index contributed by atoms with van der Waals surface area (Å²) in [6.07, 6.45) is 54.1. The van der Waals surface area contributed by atoms with Crippen molar-refractivity contribution >= 4 is 0 Å². The first-order valence-electron chi connectivity index (χ1n) is 26.3. The Bertz CT molecular complexity index is 1170. The fourth-order valence-corrected chi connectivity index (χ4v) is 13.4. The third kappa shape index (κ3) is 16.1. The van der Waals surface area contributed by atoms with Crippen molar-refractivity contribution in [1.82, 2.24) is 4.90 Å². The topological polar surface area (TPSA) is 12.5 Å². The van der Waals surface area contributed by atoms with Gasteiger partial charge in [-0.3, -0.25) is 0 Å². The lowest BCUT2D eigenvalue weighted by atomic mass is 9.47. The van der Waals surface area contributed by atoms with Crippen LogP contribution in [-0.2, 0) is 4.74 Å². The van der Waals surface area contributed by atoms with E-state index in [1.165, 1.54) is 193 Å². The van der Waals surface area contributed by atoms with Gasteiger partial charge in [0.15, 0.2) is 0 Å². The van der Waals surface area contributed by atoms with Crippen molar-refractivity contribution in [2.24, 2.45) is 52.3 Å². The zero-order chi connectivity index (χ0) is 41.6. The second-order valence-electron chi connectivity index (χ2n) is 22.1. The van der Waals surface area contributed by atoms with Crippen molar-refractivity contribution in [3.8, 4) is 0 Å². The highest BCUT2D eigenvalue weighted by atomic mass is 16.5. The Morgan fingerprint density at radius 2 is 1.34 bits per heavy atom. The molecule has 0 heterocycles. The summed E-state index contributed by atoms with van der Waals surface area (Å²) in [5, 5.41) is 0. The third-order valence-electron chi connectivity index (χ3n) is 16.8. The van der Waals surface area contributed by atoms with E-state index in [1.54, 1.807) is 5.57 Å². The van der Waals surface area contributed by atoms with Gasteiger partial charge >= 0.3 is 0 Å². The fraction of sp³-hybridized carbons (Fsp3) is 0.893. The van der Waals surface area contributed by atoms with Gasteiger partial charge in [0, 0.05) is 13.2 Å². The first-order chi connectivity index (χ1) is 28.1. The van der Waals surface area contributed by atoms with Gasteiger partial charge < -0.3 is 9.64 Å². The van der Waals surface area contributed by atoms with Crippen LogP contribution in [0.4, 0.5) is 0 Å². The van der Waals surface area contributed by atoms with Gasteiger partial charge in [-0.05, 0) is 169 Å². The summed E-state index contributed by atoms with van der Waals surface area (Å²) < 4.78 is 6.67. The van der Waals surface area contributed by atoms with Gasteiger partial charge in [0.25, 0.3) is 0 Å². The van der Waals surface area contributed by atoms with Crippen LogP contribution in [0.25, 0.3) is 0 Å². The van der Waals surface area contributed by atoms with E-state index in [1.807, 2.05) is 0 Å². The number of allylic oxidation sites excluding steroid dienone is 5. The van der Waals surface area contributed by atoms with Crippen LogP contribution in [0.3, 0.4) is 0 Å². The Labute approximate surface area is 364 Å². The molecule has 0 saturated heterocycles. The van der Waals surface area contributed by atoms with Crippen molar-refractivity contribution in [1.29, 1.82) is 0 Å². The molecule has 2 nitrogen and oxygen atoms in total. The van der Waals surface area contributed by atoms with E-state index in [-0.39, 0.29) is 0 Å². The standard InChI is InChI=1S/C56H101NO/c1-9-10-11-12-13-14-15-16-17-18-19-20-21-22-23-24-25-27-33-48(45-57(7)8)34-28-26-29-43-58-50-39-41-55(5)49(44-50)35-36-51-53-38-37-52(47(4)32-30-31-46(2)3)56(53,6)42-40-54(51)55/h13-14,16-17,35,46-48,50-54H,9-12,15,18-34,36-45H2,1-8H3/b14-13-,17-16-/t47?,48?,50-,51?,52?,53?,54?,55-,56+/m0/s1. The Balaban J connectivity index is 1.04. The molecule has 6 unspecified atom stereocenters. The fourth-order valence-electron chi connectivity index (χ4n) is 13.4. The lowest BCUT2D eigenvalue weighted by Crippen LogP contribution is -2.51. The smallest absolute Gasteiger partial charge is 0.0612 e. The summed E-state index contributed by atoms with van der Waals surface area (Å²) in [6.45, 7) is 17.4. The molecule has 0 spiro atoms. The normalized spacial score (nSPS) is 29.6. The van der Waals surface area contributed by atoms with E-state index in [0.717, 1.165) is 54.5 Å². The predicted octanol–water partition coefficient (Wildman–Crippen LogP) is 17.1. The minimum atomic E-state index is 0.439. The van der Waals surface area contributed by atoms with Crippen LogP contribution >= 0.6 is 0 Å². The average molecular weight is 804 g/mol. The molecule has 0 aromatic carbocycles. The molecule has 0 bridgehead atoms. The molecule has 3 saturated carbocycles. The molecular weight excluding hydrogens is 703 g/mol. The molecular formula is C56H101NO. The largest absolute Gasteiger partial charge is 0.378 e. The van der Waals surface area contributed by atoms with Gasteiger partial charge in [-0.25, -0.2) is 0 Å². The highest BCUT2D eigenvalue weighted by molar-refractivity contribution is 5.25. The zero-order valence-corrected chi connectivity index (χ0v) is 40.5. The first kappa shape index (κ1) is 49.8. The summed E-state index contributed by atoms with van der Waals surface area (Å²) >= 11 is 0. The summed E-state index contributed by atoms with van der Waals surface area (Å²) in [5.41, 5.74) is 2.83. The average Bonchev–Trinajstić information content (AvgIpc) is 3.55. The van der Waals surface area contributed by atoms with Crippen LogP contribution in [0.5, 0.6) is 0 Å². The minimum absolute atomic E-state index is 0.439. The van der Waals surface area contributed by atoms with Crippen LogP contribution in [0.2, 0.25) is 0 Å². The molecule has 0 aliphatic heterocycles. The van der Waals surface area contributed by atoms with E-state index >= 15 is 0 Å². The van der Waals surface area contributed by atoms with Crippen molar-refractivity contribution in [3.05, 3.63) is 36.0 Å². The summed E-state index contributed by atoms with van der Waals surface area (Å²) in [5.74, 6) is 6.40. The molecule has 0 aromatic rings. The second-order valence-corrected chi connectivity index (χ2v) is 22.1. The first-order valence-corrected chi connectivity index (χ1v) is 26.3. The SMILES string of the molecule is CCCCC/C=C\C/C=C\CCCCCCCCCCC(CCCCCO[C@H]1CC[C@@]2(C)C(=CCC3C4CCC(C(C)CCCC(C)C)[C@@]4(C)CCC32)C1)CN(C)C. The van der Waals surface area contributed by atoms with E-state index in [0.29, 0.717) is 16.9 Å². The van der Waals surface area contributed by atoms with Gasteiger partial charge in [-0.2, -0.15) is 0 Å². The third-order valence-corrected chi connectivity index (χ3v) is 16.8. The Morgan fingerprint density at radius 1 is 0.690 bits per heavy atom. The molecule has 2 heteroatoms. The minimum Gasteiger partial charge on any atom is -0.378 e. The molecule has 0 radical (unpaired) electrons. The summed E-state index contributed by atoms with van der Waals surface area (Å²) in [4.78, 5) is 2.43. The van der Waals surface area contributed by atoms with Crippen molar-refractivity contribution in [2.45, 2.75) is 240 Å². The van der Waals surface area contributed by atoms with Gasteiger partial charge in [-0.15, -0.1) is 0 Å². The maximum Gasteiger partial charge on any atom is 0.0612 e. The summed E-state index contributed by atoms with van der Waals surface area (Å²) in [6, 6.07) is 0. The van der Waals surface area contributed by atoms with Gasteiger partial charge in [0.05, 0.1) is 6.10 Å². The molecule has 0 amide bonds. The monoisotopic (exact) mass is 804 g/mol. The van der Waals surface area contributed by atoms with Crippen molar-refractivity contribution in [2.75, 3.05) is 27.2 Å². The quantitative estimate of drug-likeness (QED) is 0.0511. The molecule has 0 aromatic heterocycles. The number of hydrogen-bond donors (Lipinski definition) is 0. The second kappa shape index (κ2) is 27.3. The van der Waals surface area contributed by atoms with E-state index in [9.17, 15) is 0 Å². The highest BCUT2D eigenvalue weighted by Crippen LogP contribution is 2.67. The van der Waals surface area contributed by atoms with Crippen molar-refractivity contribution in [3.63, 3.8) is 0 Å². The lowest BCUT2D eigenvalue weighted by molar-refractivity contribution is -0.0641. The predicted molar refractivity (Wildman–Crippen MR) is 257 cm³/mol. The van der Waals surface area contributed by atoms with Crippen LogP contribution < -0.4 is 0 Å². The molecule has 3 fully saturated rings. The lowest BCUT2D eigenvalue weighted by Gasteiger charge is -2.58. The maximum absolute atomic E-state index is 6.67. The number of nitrogens with zero attached hydrogens (tertiary/aromatic N) is 1. The van der Waals surface area contributed by atoms with Crippen LogP contribution in [-0.4, -0.2) is 38.3 Å². The molecule has 4 rings (SSSR count). The van der Waals surface area contributed by atoms with Crippen LogP contribution in [0.1, 0.15) is 234 Å². The molecule has 336 valence electrons. The Hall–Kier alpha value is -0.860. The molecule has 0 N–H and O–H groups in total. The van der Waals surface area contributed by atoms with Gasteiger partial charge in [0.2, 0.25) is 0 Å². The summed E-state index contributed by atoms with van der Waals surface area (Å²) in [7, 11) is 4.54. The van der Waals surface area contributed by atoms with Crippen molar-refractivity contribution < 1.29 is 4.74 Å². The number of fused-ring (bicyclic) bond motifs is 5. The Kier molecular flexibility index (Phi) is 23.4. The molecule has 58 heavy (non-hydrogen) atoms. The van der Waals surface area contributed by atoms with E-state index in [2.05, 4.69) is 90.9 Å². The van der Waals surface area contributed by atoms with Gasteiger partial charge in [0.1, 0.15) is 0 Å². The maximum atomic E-state index is 6.67. The number of hydrogen-bond acceptors (Lipinski definition) is 2. The Morgan fingerprint density at radius 3 is 2.02 bits per heavy atom. The van der Waals surface area contributed by atoms with Gasteiger partial charge in [-0.1, -0.05) is 167 Å².